The first-order chi connectivity index (χ1) is 49.9. The zero-order chi connectivity index (χ0) is 74.6. The van der Waals surface area contributed by atoms with Gasteiger partial charge < -0.3 is 86.2 Å². The predicted molar refractivity (Wildman–Crippen MR) is 350 cm³/mol. The van der Waals surface area contributed by atoms with Gasteiger partial charge in [-0.05, 0) is 72.8 Å². The third kappa shape index (κ3) is 20.1. The number of methoxy groups -OCH3 is 1. The van der Waals surface area contributed by atoms with Gasteiger partial charge in [0, 0.05) is 34.6 Å². The zero-order valence-corrected chi connectivity index (χ0v) is 56.7. The second-order valence-corrected chi connectivity index (χ2v) is 23.6. The van der Waals surface area contributed by atoms with Crippen LogP contribution >= 0.6 is 0 Å². The van der Waals surface area contributed by atoms with E-state index < -0.39 is 195 Å². The van der Waals surface area contributed by atoms with Crippen LogP contribution in [0.2, 0.25) is 0 Å². The molecule has 0 bridgehead atoms. The average Bonchev–Trinajstić information content (AvgIpc) is 0.744. The Morgan fingerprint density at radius 3 is 1.27 bits per heavy atom. The van der Waals surface area contributed by atoms with Crippen LogP contribution in [0.1, 0.15) is 103 Å². The molecule has 3 aliphatic heterocycles. The summed E-state index contributed by atoms with van der Waals surface area (Å²) >= 11 is 0. The van der Waals surface area contributed by atoms with Gasteiger partial charge in [0.2, 0.25) is 18.3 Å². The molecular formula is C74H73NO29. The summed E-state index contributed by atoms with van der Waals surface area (Å²) in [4.78, 5) is 168. The summed E-state index contributed by atoms with van der Waals surface area (Å²) in [5.41, 5.74) is -0.547. The van der Waals surface area contributed by atoms with Crippen LogP contribution in [0, 0.1) is 0 Å². The Hall–Kier alpha value is -11.3. The third-order valence-corrected chi connectivity index (χ3v) is 16.1. The summed E-state index contributed by atoms with van der Waals surface area (Å²) in [6, 6.07) is 42.2. The van der Waals surface area contributed by atoms with E-state index >= 15 is 9.59 Å². The van der Waals surface area contributed by atoms with Crippen molar-refractivity contribution in [3.8, 4) is 0 Å². The summed E-state index contributed by atoms with van der Waals surface area (Å²) in [6.45, 7) is 1.89. The monoisotopic (exact) mass is 1440 g/mol. The minimum atomic E-state index is -3.27. The van der Waals surface area contributed by atoms with E-state index in [2.05, 4.69) is 5.32 Å². The lowest BCUT2D eigenvalue weighted by Crippen LogP contribution is -2.72. The van der Waals surface area contributed by atoms with Crippen molar-refractivity contribution in [1.82, 2.24) is 5.32 Å². The van der Waals surface area contributed by atoms with Gasteiger partial charge in [0.15, 0.2) is 30.7 Å². The molecule has 0 unspecified atom stereocenters. The fourth-order valence-electron chi connectivity index (χ4n) is 11.5. The number of esters is 11. The van der Waals surface area contributed by atoms with E-state index in [-0.39, 0.29) is 33.4 Å². The van der Waals surface area contributed by atoms with Crippen molar-refractivity contribution in [3.05, 3.63) is 215 Å². The summed E-state index contributed by atoms with van der Waals surface area (Å²) in [5, 5.41) is 15.7. The Bertz CT molecular complexity index is 3980. The van der Waals surface area contributed by atoms with E-state index in [0.717, 1.165) is 41.7 Å². The molecular weight excluding hydrogens is 1370 g/mol. The largest absolute Gasteiger partial charge is 0.465 e. The minimum absolute atomic E-state index is 0.00329. The number of rotatable bonds is 27. The van der Waals surface area contributed by atoms with E-state index in [9.17, 15) is 53.1 Å². The number of aliphatic hydroxyl groups excluding tert-OH is 1. The van der Waals surface area contributed by atoms with Crippen LogP contribution in [-0.2, 0) is 105 Å². The van der Waals surface area contributed by atoms with Gasteiger partial charge in [0.25, 0.3) is 5.79 Å². The van der Waals surface area contributed by atoms with E-state index in [1.54, 1.807) is 36.4 Å². The smallest absolute Gasteiger partial charge is 0.366 e. The molecule has 16 atom stereocenters. The molecule has 3 heterocycles. The molecule has 3 aliphatic rings. The van der Waals surface area contributed by atoms with Gasteiger partial charge in [-0.1, -0.05) is 109 Å². The van der Waals surface area contributed by atoms with Crippen LogP contribution in [0.15, 0.2) is 182 Å². The van der Waals surface area contributed by atoms with Gasteiger partial charge in [-0.15, -0.1) is 0 Å². The average molecular weight is 1440 g/mol. The summed E-state index contributed by atoms with van der Waals surface area (Å²) < 4.78 is 98.2. The van der Waals surface area contributed by atoms with E-state index in [1.165, 1.54) is 146 Å². The number of ether oxygens (including phenoxy) is 16. The molecule has 104 heavy (non-hydrogen) atoms. The Morgan fingerprint density at radius 2 is 0.856 bits per heavy atom. The number of amides is 1. The van der Waals surface area contributed by atoms with Crippen molar-refractivity contribution < 1.29 is 138 Å². The number of aliphatic hydroxyl groups is 1. The number of hydrogen-bond acceptors (Lipinski definition) is 29. The highest BCUT2D eigenvalue weighted by Crippen LogP contribution is 2.42. The molecule has 30 nitrogen and oxygen atoms in total. The van der Waals surface area contributed by atoms with Crippen molar-refractivity contribution in [1.29, 1.82) is 0 Å². The fraction of sp³-hybridized carbons (Fsp3) is 0.351. The maximum absolute atomic E-state index is 15.3. The number of carbonyl (C=O) groups excluding carboxylic acids is 12. The van der Waals surface area contributed by atoms with Crippen LogP contribution in [0.5, 0.6) is 0 Å². The van der Waals surface area contributed by atoms with Crippen LogP contribution < -0.4 is 5.32 Å². The molecule has 1 amide bonds. The normalized spacial score (nSPS) is 24.7. The molecule has 548 valence electrons. The highest BCUT2D eigenvalue weighted by atomic mass is 16.8. The highest BCUT2D eigenvalue weighted by molar-refractivity contribution is 5.92. The molecule has 0 spiro atoms. The number of hydrogen-bond donors (Lipinski definition) is 2. The zero-order valence-electron chi connectivity index (χ0n) is 56.7. The Morgan fingerprint density at radius 1 is 0.452 bits per heavy atom. The Balaban J connectivity index is 1.28. The molecule has 3 fully saturated rings. The molecule has 3 saturated heterocycles. The molecule has 30 heteroatoms. The quantitative estimate of drug-likeness (QED) is 0.0485. The van der Waals surface area contributed by atoms with Gasteiger partial charge in [-0.25, -0.2) is 33.6 Å². The highest BCUT2D eigenvalue weighted by Gasteiger charge is 2.64. The number of nitrogens with one attached hydrogen (secondary N) is 1. The Kier molecular flexibility index (Phi) is 26.6. The van der Waals surface area contributed by atoms with Gasteiger partial charge in [0.1, 0.15) is 62.5 Å². The van der Waals surface area contributed by atoms with Crippen molar-refractivity contribution in [2.75, 3.05) is 26.9 Å². The SMILES string of the molecule is COC(=O)[C@@]1(O[C@H]2[C@@H](O)[C@@H](COC(=O)c3ccccc3)O[C@@H](O[C@H]3[C@H](OC(=O)c4ccccc4)[C@@H](OC(=O)c4ccccc4)[C@H](OC(=O)c4ccccc4)O[C@@H]3COC(=O)c3ccccc3)[C@@H]2OC(=O)c2ccccc2)C[C@H](OC(C)=O)[C@@H](NC(C)=O)[C@H]([C@@H](OC(C)=O)[C@@H](COC(C)=O)OC(C)=O)O1. The lowest BCUT2D eigenvalue weighted by Gasteiger charge is -2.52. The van der Waals surface area contributed by atoms with Crippen LogP contribution in [0.4, 0.5) is 0 Å². The van der Waals surface area contributed by atoms with Gasteiger partial charge in [-0.2, -0.15) is 0 Å². The number of carbonyl (C=O) groups is 12. The van der Waals surface area contributed by atoms with Crippen molar-refractivity contribution in [2.45, 2.75) is 139 Å². The minimum Gasteiger partial charge on any atom is -0.465 e. The van der Waals surface area contributed by atoms with Crippen molar-refractivity contribution in [2.24, 2.45) is 0 Å². The molecule has 0 radical (unpaired) electrons. The second-order valence-electron chi connectivity index (χ2n) is 23.6. The Labute approximate surface area is 594 Å². The van der Waals surface area contributed by atoms with Gasteiger partial charge in [0.05, 0.1) is 53.0 Å². The van der Waals surface area contributed by atoms with Crippen molar-refractivity contribution >= 4 is 71.6 Å². The molecule has 0 aliphatic carbocycles. The van der Waals surface area contributed by atoms with Gasteiger partial charge >= 0.3 is 65.7 Å². The summed E-state index contributed by atoms with van der Waals surface area (Å²) in [5.74, 6) is -16.7. The molecule has 0 aromatic heterocycles. The standard InChI is InChI=1S/C74H73NO29/c1-41(76)75-56-52(93-43(3)78)37-74(73(88)89-6,103-60(56)58(95-45(5)80)54(94-44(4)79)39-90-42(2)77)104-61-57(81)53(38-91-65(82)46-25-13-7-14-26-46)96-71(63(61)99-68(85)49-31-19-10-20-32-49)101-59-55(40-92-66(83)47-27-15-8-16-28-47)97-72(102-70(87)51-35-23-12-24-36-51)64(100-69(86)50-33-21-11-22-34-50)62(59)98-67(84)48-29-17-9-18-30-48/h7-36,52-64,71-72,81H,37-40H2,1-6H3,(H,75,76)/t52-,53+,54+,55+,56+,57-,58-,59+,60+,61-,62-,63+,64+,71-,72-,74-/m0/s1. The molecule has 2 N–H and O–H groups in total. The van der Waals surface area contributed by atoms with Crippen LogP contribution in [0.25, 0.3) is 0 Å². The van der Waals surface area contributed by atoms with E-state index in [1.807, 2.05) is 0 Å². The maximum atomic E-state index is 15.3. The topological polar surface area (TPSA) is 385 Å². The third-order valence-electron chi connectivity index (χ3n) is 16.1. The predicted octanol–water partition coefficient (Wildman–Crippen LogP) is 5.34. The van der Waals surface area contributed by atoms with E-state index in [4.69, 9.17) is 75.8 Å². The van der Waals surface area contributed by atoms with Crippen molar-refractivity contribution in [3.63, 3.8) is 0 Å². The van der Waals surface area contributed by atoms with Crippen LogP contribution in [0.3, 0.4) is 0 Å². The molecule has 0 saturated carbocycles. The maximum Gasteiger partial charge on any atom is 0.366 e. The van der Waals surface area contributed by atoms with Crippen LogP contribution in [-0.4, -0.2) is 201 Å². The summed E-state index contributed by atoms with van der Waals surface area (Å²) in [7, 11) is 0.833. The molecule has 6 aromatic carbocycles. The summed E-state index contributed by atoms with van der Waals surface area (Å²) in [6.07, 6.45) is -31.6. The number of benzene rings is 6. The lowest BCUT2D eigenvalue weighted by atomic mass is 9.87. The second kappa shape index (κ2) is 36.0. The van der Waals surface area contributed by atoms with Gasteiger partial charge in [-0.3, -0.25) is 24.0 Å². The molecule has 6 aromatic rings. The first-order valence-corrected chi connectivity index (χ1v) is 32.4. The fourth-order valence-corrected chi connectivity index (χ4v) is 11.5. The first kappa shape index (κ1) is 76.9. The first-order valence-electron chi connectivity index (χ1n) is 32.4. The lowest BCUT2D eigenvalue weighted by molar-refractivity contribution is -0.383. The molecule has 9 rings (SSSR count). The van der Waals surface area contributed by atoms with E-state index in [0.29, 0.717) is 0 Å².